The summed E-state index contributed by atoms with van der Waals surface area (Å²) in [5, 5.41) is 0. The molecule has 10 heteroatoms. The van der Waals surface area contributed by atoms with Gasteiger partial charge in [0.15, 0.2) is 0 Å². The Morgan fingerprint density at radius 2 is 1.54 bits per heavy atom. The SMILES string of the molecule is COC(=O)[C@@H]1CCCN1C(=O)[C@]12CC[C@@H](C)[C@H](C)[C@H]1C1=CC[C@@H]3[C@@]4(C)C[C@@H](OC(C)=O)[C@H](OC(C)=O)[C@@](C)(COC(C)=O)[C@@H]4CC[C@@]3(C)[C@]1(C)CC2. The molecule has 52 heavy (non-hydrogen) atoms. The number of nitrogens with zero attached hydrogens (tertiary/aromatic N) is 1. The number of allylic oxidation sites excluding steroid dienone is 2. The first-order chi connectivity index (χ1) is 24.3. The minimum absolute atomic E-state index is 0.0236. The minimum atomic E-state index is -0.788. The molecular weight excluding hydrogens is 662 g/mol. The summed E-state index contributed by atoms with van der Waals surface area (Å²) in [5.41, 5.74) is -0.589. The number of hydrogen-bond acceptors (Lipinski definition) is 9. The van der Waals surface area contributed by atoms with E-state index in [0.29, 0.717) is 31.2 Å². The molecule has 4 saturated carbocycles. The van der Waals surface area contributed by atoms with Crippen LogP contribution in [0.2, 0.25) is 0 Å². The van der Waals surface area contributed by atoms with E-state index < -0.39 is 47.0 Å². The second-order valence-electron chi connectivity index (χ2n) is 18.7. The van der Waals surface area contributed by atoms with Crippen LogP contribution in [-0.4, -0.2) is 73.2 Å². The topological polar surface area (TPSA) is 126 Å². The van der Waals surface area contributed by atoms with Crippen LogP contribution in [0.15, 0.2) is 11.6 Å². The van der Waals surface area contributed by atoms with Gasteiger partial charge in [-0.05, 0) is 110 Å². The van der Waals surface area contributed by atoms with Crippen molar-refractivity contribution >= 4 is 29.8 Å². The summed E-state index contributed by atoms with van der Waals surface area (Å²) in [6, 6.07) is -0.512. The molecule has 1 amide bonds. The molecule has 0 aromatic rings. The Bertz CT molecular complexity index is 1520. The van der Waals surface area contributed by atoms with Crippen LogP contribution in [-0.2, 0) is 42.9 Å². The van der Waals surface area contributed by atoms with Gasteiger partial charge in [0.1, 0.15) is 24.9 Å². The number of carbonyl (C=O) groups is 5. The van der Waals surface area contributed by atoms with Crippen LogP contribution in [0.25, 0.3) is 0 Å². The van der Waals surface area contributed by atoms with E-state index in [0.717, 1.165) is 51.4 Å². The van der Waals surface area contributed by atoms with E-state index in [4.69, 9.17) is 18.9 Å². The number of amides is 1. The van der Waals surface area contributed by atoms with Gasteiger partial charge in [-0.25, -0.2) is 4.79 Å². The largest absolute Gasteiger partial charge is 0.467 e. The summed E-state index contributed by atoms with van der Waals surface area (Å²) in [5.74, 6) is -0.405. The molecule has 0 radical (unpaired) electrons. The molecule has 1 saturated heterocycles. The van der Waals surface area contributed by atoms with E-state index >= 15 is 4.79 Å². The fraction of sp³-hybridized carbons (Fsp3) is 0.833. The highest BCUT2D eigenvalue weighted by Gasteiger charge is 2.72. The third-order valence-electron chi connectivity index (χ3n) is 16.3. The number of rotatable bonds is 6. The first-order valence-corrected chi connectivity index (χ1v) is 19.9. The molecule has 1 aliphatic heterocycles. The van der Waals surface area contributed by atoms with Crippen molar-refractivity contribution in [1.29, 1.82) is 0 Å². The quantitative estimate of drug-likeness (QED) is 0.165. The zero-order chi connectivity index (χ0) is 38.2. The zero-order valence-corrected chi connectivity index (χ0v) is 33.3. The van der Waals surface area contributed by atoms with Crippen LogP contribution >= 0.6 is 0 Å². The normalized spacial score (nSPS) is 45.2. The molecule has 290 valence electrons. The summed E-state index contributed by atoms with van der Waals surface area (Å²) in [6.45, 7) is 18.8. The summed E-state index contributed by atoms with van der Waals surface area (Å²) >= 11 is 0. The van der Waals surface area contributed by atoms with Crippen LogP contribution in [0.3, 0.4) is 0 Å². The first kappa shape index (κ1) is 38.8. The first-order valence-electron chi connectivity index (χ1n) is 19.9. The third-order valence-corrected chi connectivity index (χ3v) is 16.3. The Morgan fingerprint density at radius 1 is 0.846 bits per heavy atom. The van der Waals surface area contributed by atoms with Gasteiger partial charge >= 0.3 is 23.9 Å². The lowest BCUT2D eigenvalue weighted by Gasteiger charge is -2.72. The van der Waals surface area contributed by atoms with E-state index in [1.54, 1.807) is 0 Å². The Labute approximate surface area is 310 Å². The van der Waals surface area contributed by atoms with Crippen LogP contribution in [0.5, 0.6) is 0 Å². The lowest BCUT2D eigenvalue weighted by Crippen LogP contribution is -2.69. The maximum Gasteiger partial charge on any atom is 0.328 e. The minimum Gasteiger partial charge on any atom is -0.467 e. The fourth-order valence-corrected chi connectivity index (χ4v) is 13.6. The molecule has 0 unspecified atom stereocenters. The Kier molecular flexibility index (Phi) is 10.0. The fourth-order valence-electron chi connectivity index (χ4n) is 13.6. The van der Waals surface area contributed by atoms with E-state index in [9.17, 15) is 19.2 Å². The van der Waals surface area contributed by atoms with Crippen molar-refractivity contribution in [2.45, 2.75) is 145 Å². The number of fused-ring (bicyclic) bond motifs is 7. The number of likely N-dealkylation sites (tertiary alicyclic amines) is 1. The monoisotopic (exact) mass is 725 g/mol. The highest BCUT2D eigenvalue weighted by Crippen LogP contribution is 2.76. The Hall–Kier alpha value is -2.91. The van der Waals surface area contributed by atoms with Gasteiger partial charge in [0.25, 0.3) is 0 Å². The molecule has 0 N–H and O–H groups in total. The van der Waals surface area contributed by atoms with Crippen LogP contribution in [0, 0.1) is 56.7 Å². The second kappa shape index (κ2) is 13.4. The molecule has 5 fully saturated rings. The number of esters is 4. The van der Waals surface area contributed by atoms with Crippen LogP contribution < -0.4 is 0 Å². The van der Waals surface area contributed by atoms with E-state index in [1.807, 2.05) is 11.8 Å². The summed E-state index contributed by atoms with van der Waals surface area (Å²) < 4.78 is 23.0. The molecule has 6 rings (SSSR count). The lowest BCUT2D eigenvalue weighted by molar-refractivity contribution is -0.256. The number of carbonyl (C=O) groups excluding carboxylic acids is 5. The summed E-state index contributed by atoms with van der Waals surface area (Å²) in [4.78, 5) is 67.2. The average Bonchev–Trinajstić information content (AvgIpc) is 3.56. The molecule has 0 spiro atoms. The number of ether oxygens (including phenoxy) is 4. The Morgan fingerprint density at radius 3 is 2.17 bits per heavy atom. The maximum atomic E-state index is 15.0. The predicted octanol–water partition coefficient (Wildman–Crippen LogP) is 6.82. The molecule has 1 heterocycles. The molecule has 5 aliphatic carbocycles. The molecule has 0 aromatic carbocycles. The summed E-state index contributed by atoms with van der Waals surface area (Å²) in [6.07, 6.45) is 9.09. The summed E-state index contributed by atoms with van der Waals surface area (Å²) in [7, 11) is 1.41. The predicted molar refractivity (Wildman–Crippen MR) is 193 cm³/mol. The van der Waals surface area contributed by atoms with Crippen molar-refractivity contribution in [2.75, 3.05) is 20.3 Å². The molecule has 13 atom stereocenters. The second-order valence-corrected chi connectivity index (χ2v) is 18.7. The van der Waals surface area contributed by atoms with E-state index in [1.165, 1.54) is 33.5 Å². The van der Waals surface area contributed by atoms with Crippen LogP contribution in [0.1, 0.15) is 127 Å². The van der Waals surface area contributed by atoms with Gasteiger partial charge in [0.2, 0.25) is 5.91 Å². The highest BCUT2D eigenvalue weighted by molar-refractivity contribution is 5.89. The standard InChI is InChI=1S/C42H63NO9/c1-24-15-18-42(37(48)43-21-11-12-30(43)36(47)49-10)20-19-40(8)29(34(42)25(24)2)13-14-33-38(6)22-31(51-27(4)45)35(52-28(5)46)39(7,23-50-26(3)44)32(38)16-17-41(33,40)9/h13,24-25,30-35H,11-12,14-23H2,1-10H3/t24-,25+,30+,31-,32-,33-,34+,35+,38+,39+,40-,41-,42+/m1/s1. The smallest absolute Gasteiger partial charge is 0.328 e. The molecule has 0 aromatic heterocycles. The van der Waals surface area contributed by atoms with Crippen molar-refractivity contribution in [3.05, 3.63) is 11.6 Å². The van der Waals surface area contributed by atoms with Crippen molar-refractivity contribution < 1.29 is 42.9 Å². The lowest BCUT2D eigenvalue weighted by atomic mass is 9.33. The van der Waals surface area contributed by atoms with E-state index in [2.05, 4.69) is 40.7 Å². The van der Waals surface area contributed by atoms with Gasteiger partial charge in [-0.3, -0.25) is 19.2 Å². The molecular formula is C42H63NO9. The molecule has 0 bridgehead atoms. The van der Waals surface area contributed by atoms with Gasteiger partial charge in [-0.1, -0.05) is 53.2 Å². The third kappa shape index (κ3) is 5.65. The zero-order valence-electron chi connectivity index (χ0n) is 33.3. The van der Waals surface area contributed by atoms with Gasteiger partial charge < -0.3 is 23.8 Å². The van der Waals surface area contributed by atoms with E-state index in [-0.39, 0.29) is 52.5 Å². The number of methoxy groups -OCH3 is 1. The van der Waals surface area contributed by atoms with Crippen LogP contribution in [0.4, 0.5) is 0 Å². The van der Waals surface area contributed by atoms with Gasteiger partial charge in [0, 0.05) is 32.7 Å². The van der Waals surface area contributed by atoms with Gasteiger partial charge in [0.05, 0.1) is 12.5 Å². The molecule has 6 aliphatic rings. The van der Waals surface area contributed by atoms with Crippen molar-refractivity contribution in [3.8, 4) is 0 Å². The van der Waals surface area contributed by atoms with Crippen molar-refractivity contribution in [3.63, 3.8) is 0 Å². The molecule has 10 nitrogen and oxygen atoms in total. The van der Waals surface area contributed by atoms with Gasteiger partial charge in [-0.2, -0.15) is 0 Å². The van der Waals surface area contributed by atoms with Crippen molar-refractivity contribution in [2.24, 2.45) is 56.7 Å². The average molecular weight is 726 g/mol. The van der Waals surface area contributed by atoms with Gasteiger partial charge in [-0.15, -0.1) is 0 Å². The van der Waals surface area contributed by atoms with Crippen molar-refractivity contribution in [1.82, 2.24) is 4.90 Å². The highest BCUT2D eigenvalue weighted by atomic mass is 16.6. The number of hydrogen-bond donors (Lipinski definition) is 0. The maximum absolute atomic E-state index is 15.0. The Balaban J connectivity index is 1.44.